The Balaban J connectivity index is 1.57. The molecule has 0 unspecified atom stereocenters. The zero-order valence-corrected chi connectivity index (χ0v) is 17.5. The van der Waals surface area contributed by atoms with E-state index in [0.29, 0.717) is 17.5 Å². The quantitative estimate of drug-likeness (QED) is 0.490. The second-order valence-electron chi connectivity index (χ2n) is 6.79. The molecule has 1 N–H and O–H groups in total. The molecule has 7 heteroatoms. The molecule has 0 aliphatic carbocycles. The fourth-order valence-electron chi connectivity index (χ4n) is 3.03. The molecule has 0 aliphatic heterocycles. The Morgan fingerprint density at radius 1 is 1.07 bits per heavy atom. The average molecular weight is 396 g/mol. The van der Waals surface area contributed by atoms with Gasteiger partial charge in [0.25, 0.3) is 0 Å². The zero-order chi connectivity index (χ0) is 20.1. The van der Waals surface area contributed by atoms with Crippen molar-refractivity contribution in [3.8, 4) is 0 Å². The molecule has 3 aromatic rings. The van der Waals surface area contributed by atoms with Gasteiger partial charge in [-0.1, -0.05) is 42.1 Å². The van der Waals surface area contributed by atoms with Gasteiger partial charge in [-0.3, -0.25) is 9.48 Å². The number of carbonyl (C=O) groups is 1. The molecular formula is C21H25N5OS. The molecule has 146 valence electrons. The van der Waals surface area contributed by atoms with Gasteiger partial charge in [0.15, 0.2) is 5.16 Å². The van der Waals surface area contributed by atoms with Crippen molar-refractivity contribution < 1.29 is 4.79 Å². The third-order valence-electron chi connectivity index (χ3n) is 4.46. The van der Waals surface area contributed by atoms with Crippen LogP contribution in [0.1, 0.15) is 33.9 Å². The van der Waals surface area contributed by atoms with E-state index in [9.17, 15) is 4.79 Å². The fourth-order valence-corrected chi connectivity index (χ4v) is 3.81. The van der Waals surface area contributed by atoms with Gasteiger partial charge in [-0.15, -0.1) is 0 Å². The summed E-state index contributed by atoms with van der Waals surface area (Å²) in [5, 5.41) is 8.26. The summed E-state index contributed by atoms with van der Waals surface area (Å²) in [5.74, 6) is 0.251. The van der Waals surface area contributed by atoms with Gasteiger partial charge in [0.05, 0.1) is 18.0 Å². The molecule has 0 saturated heterocycles. The monoisotopic (exact) mass is 395 g/mol. The van der Waals surface area contributed by atoms with Crippen molar-refractivity contribution in [3.05, 3.63) is 70.3 Å². The third kappa shape index (κ3) is 5.19. The molecular weight excluding hydrogens is 370 g/mol. The van der Waals surface area contributed by atoms with Gasteiger partial charge >= 0.3 is 0 Å². The standard InChI is InChI=1S/C21H25N5OS/c1-14-10-15(2)24-21(23-14)28-13-20(27)22-11-19-16(3)25-26(17(19)4)12-18-8-6-5-7-9-18/h5-10H,11-13H2,1-4H3,(H,22,27). The summed E-state index contributed by atoms with van der Waals surface area (Å²) in [6.07, 6.45) is 0. The second-order valence-corrected chi connectivity index (χ2v) is 7.73. The molecule has 0 bridgehead atoms. The summed E-state index contributed by atoms with van der Waals surface area (Å²) in [7, 11) is 0. The minimum absolute atomic E-state index is 0.0395. The van der Waals surface area contributed by atoms with Crippen molar-refractivity contribution in [1.82, 2.24) is 25.1 Å². The lowest BCUT2D eigenvalue weighted by Crippen LogP contribution is -2.25. The first kappa shape index (κ1) is 20.1. The molecule has 28 heavy (non-hydrogen) atoms. The minimum Gasteiger partial charge on any atom is -0.351 e. The first-order chi connectivity index (χ1) is 13.4. The first-order valence-corrected chi connectivity index (χ1v) is 10.2. The van der Waals surface area contributed by atoms with Crippen molar-refractivity contribution in [1.29, 1.82) is 0 Å². The molecule has 0 radical (unpaired) electrons. The van der Waals surface area contributed by atoms with Crippen LogP contribution in [0.25, 0.3) is 0 Å². The van der Waals surface area contributed by atoms with E-state index in [1.165, 1.54) is 17.3 Å². The Morgan fingerprint density at radius 2 is 1.75 bits per heavy atom. The van der Waals surface area contributed by atoms with Crippen molar-refractivity contribution in [2.24, 2.45) is 0 Å². The number of aromatic nitrogens is 4. The molecule has 0 aliphatic rings. The van der Waals surface area contributed by atoms with Gasteiger partial charge < -0.3 is 5.32 Å². The van der Waals surface area contributed by atoms with Crippen LogP contribution in [0.5, 0.6) is 0 Å². The number of aryl methyl sites for hydroxylation is 3. The van der Waals surface area contributed by atoms with Gasteiger partial charge in [-0.2, -0.15) is 5.10 Å². The minimum atomic E-state index is -0.0395. The third-order valence-corrected chi connectivity index (χ3v) is 5.31. The Morgan fingerprint density at radius 3 is 2.43 bits per heavy atom. The predicted octanol–water partition coefficient (Wildman–Crippen LogP) is 3.36. The van der Waals surface area contributed by atoms with Gasteiger partial charge in [-0.25, -0.2) is 9.97 Å². The summed E-state index contributed by atoms with van der Waals surface area (Å²) >= 11 is 1.35. The van der Waals surface area contributed by atoms with Crippen molar-refractivity contribution >= 4 is 17.7 Å². The highest BCUT2D eigenvalue weighted by molar-refractivity contribution is 7.99. The van der Waals surface area contributed by atoms with Crippen LogP contribution >= 0.6 is 11.8 Å². The molecule has 1 amide bonds. The number of benzene rings is 1. The van der Waals surface area contributed by atoms with E-state index in [1.54, 1.807) is 0 Å². The average Bonchev–Trinajstić information content (AvgIpc) is 2.91. The van der Waals surface area contributed by atoms with Crippen LogP contribution in [0.3, 0.4) is 0 Å². The molecule has 0 fully saturated rings. The smallest absolute Gasteiger partial charge is 0.230 e. The topological polar surface area (TPSA) is 72.7 Å². The van der Waals surface area contributed by atoms with Gasteiger partial charge in [0, 0.05) is 29.2 Å². The summed E-state index contributed by atoms with van der Waals surface area (Å²) in [6.45, 7) is 9.08. The summed E-state index contributed by atoms with van der Waals surface area (Å²) in [5.41, 5.74) is 6.11. The maximum atomic E-state index is 12.3. The highest BCUT2D eigenvalue weighted by Crippen LogP contribution is 2.16. The molecule has 2 heterocycles. The molecule has 3 rings (SSSR count). The number of thioether (sulfide) groups is 1. The van der Waals surface area contributed by atoms with Crippen LogP contribution in [0.15, 0.2) is 41.6 Å². The number of hydrogen-bond acceptors (Lipinski definition) is 5. The van der Waals surface area contributed by atoms with Crippen LogP contribution in [0, 0.1) is 27.7 Å². The largest absolute Gasteiger partial charge is 0.351 e. The number of nitrogens with one attached hydrogen (secondary N) is 1. The molecule has 0 atom stereocenters. The van der Waals surface area contributed by atoms with Crippen LogP contribution in [-0.4, -0.2) is 31.4 Å². The van der Waals surface area contributed by atoms with E-state index in [2.05, 4.69) is 32.5 Å². The van der Waals surface area contributed by atoms with Crippen molar-refractivity contribution in [2.45, 2.75) is 45.9 Å². The molecule has 2 aromatic heterocycles. The molecule has 0 saturated carbocycles. The Bertz CT molecular complexity index is 948. The lowest BCUT2D eigenvalue weighted by atomic mass is 10.2. The number of rotatable bonds is 7. The van der Waals surface area contributed by atoms with Crippen LogP contribution in [0.4, 0.5) is 0 Å². The van der Waals surface area contributed by atoms with Crippen molar-refractivity contribution in [3.63, 3.8) is 0 Å². The van der Waals surface area contributed by atoms with Crippen LogP contribution in [0.2, 0.25) is 0 Å². The maximum Gasteiger partial charge on any atom is 0.230 e. The Labute approximate surface area is 169 Å². The van der Waals surface area contributed by atoms with E-state index in [1.807, 2.05) is 56.6 Å². The SMILES string of the molecule is Cc1cc(C)nc(SCC(=O)NCc2c(C)nn(Cc3ccccc3)c2C)n1. The Kier molecular flexibility index (Phi) is 6.46. The normalized spacial score (nSPS) is 10.9. The lowest BCUT2D eigenvalue weighted by Gasteiger charge is -2.07. The predicted molar refractivity (Wildman–Crippen MR) is 111 cm³/mol. The van der Waals surface area contributed by atoms with E-state index < -0.39 is 0 Å². The van der Waals surface area contributed by atoms with E-state index >= 15 is 0 Å². The molecule has 1 aromatic carbocycles. The number of hydrogen-bond donors (Lipinski definition) is 1. The Hall–Kier alpha value is -2.67. The maximum absolute atomic E-state index is 12.3. The van der Waals surface area contributed by atoms with Gasteiger partial charge in [-0.05, 0) is 39.3 Å². The summed E-state index contributed by atoms with van der Waals surface area (Å²) in [6, 6.07) is 12.2. The van der Waals surface area contributed by atoms with E-state index in [0.717, 1.165) is 34.9 Å². The number of amides is 1. The second kappa shape index (κ2) is 9.01. The number of carbonyl (C=O) groups excluding carboxylic acids is 1. The van der Waals surface area contributed by atoms with Crippen LogP contribution in [-0.2, 0) is 17.9 Å². The molecule has 6 nitrogen and oxygen atoms in total. The lowest BCUT2D eigenvalue weighted by molar-refractivity contribution is -0.118. The number of nitrogens with zero attached hydrogens (tertiary/aromatic N) is 4. The zero-order valence-electron chi connectivity index (χ0n) is 16.7. The highest BCUT2D eigenvalue weighted by Gasteiger charge is 2.13. The highest BCUT2D eigenvalue weighted by atomic mass is 32.2. The fraction of sp³-hybridized carbons (Fsp3) is 0.333. The van der Waals surface area contributed by atoms with Crippen molar-refractivity contribution in [2.75, 3.05) is 5.75 Å². The van der Waals surface area contributed by atoms with Gasteiger partial charge in [0.1, 0.15) is 0 Å². The molecule has 0 spiro atoms. The van der Waals surface area contributed by atoms with E-state index in [-0.39, 0.29) is 5.91 Å². The summed E-state index contributed by atoms with van der Waals surface area (Å²) < 4.78 is 1.99. The van der Waals surface area contributed by atoms with Crippen LogP contribution < -0.4 is 5.32 Å². The first-order valence-electron chi connectivity index (χ1n) is 9.21. The van der Waals surface area contributed by atoms with Gasteiger partial charge in [0.2, 0.25) is 5.91 Å². The van der Waals surface area contributed by atoms with E-state index in [4.69, 9.17) is 0 Å². The summed E-state index contributed by atoms with van der Waals surface area (Å²) in [4.78, 5) is 21.0.